The van der Waals surface area contributed by atoms with Crippen molar-refractivity contribution in [1.82, 2.24) is 25.4 Å². The zero-order valence-electron chi connectivity index (χ0n) is 19.5. The van der Waals surface area contributed by atoms with E-state index in [0.717, 1.165) is 42.0 Å². The summed E-state index contributed by atoms with van der Waals surface area (Å²) in [6.45, 7) is 4.75. The van der Waals surface area contributed by atoms with Crippen LogP contribution in [-0.2, 0) is 11.3 Å². The van der Waals surface area contributed by atoms with E-state index in [0.29, 0.717) is 47.4 Å². The van der Waals surface area contributed by atoms with Crippen LogP contribution in [0.4, 0.5) is 9.52 Å². The molecule has 6 rings (SSSR count). The molecule has 0 aromatic carbocycles. The Balaban J connectivity index is 1.29. The second kappa shape index (κ2) is 9.62. The molecule has 0 saturated carbocycles. The van der Waals surface area contributed by atoms with Crippen molar-refractivity contribution >= 4 is 28.3 Å². The number of rotatable bonds is 8. The molecule has 12 heteroatoms. The van der Waals surface area contributed by atoms with E-state index in [1.807, 2.05) is 13.0 Å². The second-order valence-electron chi connectivity index (χ2n) is 8.50. The topological polar surface area (TPSA) is 126 Å². The Labute approximate surface area is 206 Å². The van der Waals surface area contributed by atoms with Gasteiger partial charge in [-0.1, -0.05) is 11.3 Å². The highest BCUT2D eigenvalue weighted by molar-refractivity contribution is 7.16. The lowest BCUT2D eigenvalue weighted by atomic mass is 9.87. The summed E-state index contributed by atoms with van der Waals surface area (Å²) in [5.41, 5.74) is 8.54. The lowest BCUT2D eigenvalue weighted by Gasteiger charge is -2.56. The minimum Gasteiger partial charge on any atom is -0.492 e. The molecule has 2 unspecified atom stereocenters. The SMILES string of the molecule is CCOC1=CN/C(=C(/N)C=N)C(c2nnc(N3CC4CC(C3)N4Cc3cnc(OC)c(F)c3)s2)=C1. The third-order valence-corrected chi connectivity index (χ3v) is 7.37. The molecule has 35 heavy (non-hydrogen) atoms. The van der Waals surface area contributed by atoms with E-state index < -0.39 is 5.82 Å². The molecule has 3 saturated heterocycles. The van der Waals surface area contributed by atoms with Gasteiger partial charge >= 0.3 is 0 Å². The highest BCUT2D eigenvalue weighted by atomic mass is 32.1. The first-order chi connectivity index (χ1) is 17.0. The van der Waals surface area contributed by atoms with E-state index in [9.17, 15) is 4.39 Å². The molecule has 0 amide bonds. The number of fused-ring (bicyclic) bond motifs is 2. The number of ether oxygens (including phenoxy) is 2. The molecule has 184 valence electrons. The Morgan fingerprint density at radius 1 is 1.37 bits per heavy atom. The predicted molar refractivity (Wildman–Crippen MR) is 131 cm³/mol. The number of methoxy groups -OCH3 is 1. The van der Waals surface area contributed by atoms with Crippen LogP contribution < -0.4 is 20.7 Å². The number of nitrogens with one attached hydrogen (secondary N) is 2. The van der Waals surface area contributed by atoms with Crippen molar-refractivity contribution in [3.63, 3.8) is 0 Å². The van der Waals surface area contributed by atoms with Crippen LogP contribution in [0.2, 0.25) is 0 Å². The van der Waals surface area contributed by atoms with Gasteiger partial charge in [-0.2, -0.15) is 0 Å². The van der Waals surface area contributed by atoms with Gasteiger partial charge in [0, 0.05) is 55.9 Å². The maximum atomic E-state index is 14.0. The maximum Gasteiger partial charge on any atom is 0.250 e. The molecule has 10 nitrogen and oxygen atoms in total. The Morgan fingerprint density at radius 2 is 2.17 bits per heavy atom. The normalized spacial score (nSPS) is 23.0. The Bertz CT molecular complexity index is 1210. The zero-order chi connectivity index (χ0) is 24.5. The van der Waals surface area contributed by atoms with E-state index in [-0.39, 0.29) is 5.88 Å². The number of piperazine rings is 1. The number of aromatic nitrogens is 3. The van der Waals surface area contributed by atoms with Crippen LogP contribution in [-0.4, -0.2) is 65.2 Å². The summed E-state index contributed by atoms with van der Waals surface area (Å²) >= 11 is 1.49. The number of allylic oxidation sites excluding steroid dienone is 3. The molecule has 0 spiro atoms. The number of hydrogen-bond donors (Lipinski definition) is 3. The Kier molecular flexibility index (Phi) is 6.39. The quantitative estimate of drug-likeness (QED) is 0.470. The molecular formula is C23H27FN8O2S. The number of nitrogens with two attached hydrogens (primary N) is 1. The third-order valence-electron chi connectivity index (χ3n) is 6.35. The van der Waals surface area contributed by atoms with Crippen molar-refractivity contribution in [2.24, 2.45) is 5.73 Å². The first-order valence-corrected chi connectivity index (χ1v) is 12.2. The van der Waals surface area contributed by atoms with E-state index in [4.69, 9.17) is 20.6 Å². The second-order valence-corrected chi connectivity index (χ2v) is 9.46. The third kappa shape index (κ3) is 4.46. The zero-order valence-corrected chi connectivity index (χ0v) is 20.3. The molecule has 4 N–H and O–H groups in total. The van der Waals surface area contributed by atoms with Gasteiger partial charge in [0.05, 0.1) is 25.1 Å². The van der Waals surface area contributed by atoms with Gasteiger partial charge in [-0.3, -0.25) is 4.90 Å². The largest absolute Gasteiger partial charge is 0.492 e. The number of dihydropyridines is 1. The van der Waals surface area contributed by atoms with Gasteiger partial charge in [-0.15, -0.1) is 10.2 Å². The summed E-state index contributed by atoms with van der Waals surface area (Å²) in [4.78, 5) is 8.69. The van der Waals surface area contributed by atoms with Gasteiger partial charge in [0.15, 0.2) is 10.8 Å². The molecule has 6 heterocycles. The predicted octanol–water partition coefficient (Wildman–Crippen LogP) is 2.23. The highest BCUT2D eigenvalue weighted by Crippen LogP contribution is 2.38. The first kappa shape index (κ1) is 23.2. The van der Waals surface area contributed by atoms with Crippen molar-refractivity contribution in [1.29, 1.82) is 5.41 Å². The van der Waals surface area contributed by atoms with Crippen molar-refractivity contribution in [2.45, 2.75) is 32.0 Å². The number of piperidine rings is 1. The highest BCUT2D eigenvalue weighted by Gasteiger charge is 2.45. The van der Waals surface area contributed by atoms with Gasteiger partial charge in [-0.05, 0) is 31.1 Å². The molecule has 2 aromatic heterocycles. The average Bonchev–Trinajstić information content (AvgIpc) is 3.37. The minimum absolute atomic E-state index is 0.0170. The maximum absolute atomic E-state index is 14.0. The number of pyridine rings is 1. The molecule has 0 aliphatic carbocycles. The van der Waals surface area contributed by atoms with Crippen LogP contribution in [0, 0.1) is 11.2 Å². The van der Waals surface area contributed by atoms with E-state index in [1.165, 1.54) is 24.5 Å². The monoisotopic (exact) mass is 498 g/mol. The summed E-state index contributed by atoms with van der Waals surface area (Å²) in [6, 6.07) is 2.22. The molecule has 4 aliphatic heterocycles. The summed E-state index contributed by atoms with van der Waals surface area (Å²) in [7, 11) is 1.41. The van der Waals surface area contributed by atoms with Crippen LogP contribution in [0.1, 0.15) is 23.9 Å². The fourth-order valence-corrected chi connectivity index (χ4v) is 5.56. The molecule has 4 aliphatic rings. The molecule has 2 atom stereocenters. The number of nitrogens with zero attached hydrogens (tertiary/aromatic N) is 5. The first-order valence-electron chi connectivity index (χ1n) is 11.4. The van der Waals surface area contributed by atoms with Gasteiger partial charge < -0.3 is 30.8 Å². The molecule has 2 bridgehead atoms. The van der Waals surface area contributed by atoms with Crippen LogP contribution >= 0.6 is 11.3 Å². The minimum atomic E-state index is -0.440. The van der Waals surface area contributed by atoms with Gasteiger partial charge in [0.2, 0.25) is 11.0 Å². The lowest BCUT2D eigenvalue weighted by molar-refractivity contribution is -0.00863. The Hall–Kier alpha value is -3.51. The average molecular weight is 499 g/mol. The smallest absolute Gasteiger partial charge is 0.250 e. The van der Waals surface area contributed by atoms with Crippen LogP contribution in [0.3, 0.4) is 0 Å². The fraction of sp³-hybridized carbons (Fsp3) is 0.391. The number of halogens is 1. The van der Waals surface area contributed by atoms with Crippen LogP contribution in [0.5, 0.6) is 5.88 Å². The summed E-state index contributed by atoms with van der Waals surface area (Å²) in [5, 5.41) is 21.1. The van der Waals surface area contributed by atoms with Crippen molar-refractivity contribution in [2.75, 3.05) is 31.7 Å². The van der Waals surface area contributed by atoms with Crippen molar-refractivity contribution in [3.8, 4) is 5.88 Å². The fourth-order valence-electron chi connectivity index (χ4n) is 4.67. The molecule has 2 aromatic rings. The van der Waals surface area contributed by atoms with E-state index in [1.54, 1.807) is 12.4 Å². The van der Waals surface area contributed by atoms with E-state index in [2.05, 4.69) is 30.3 Å². The van der Waals surface area contributed by atoms with Gasteiger partial charge in [0.1, 0.15) is 5.76 Å². The number of anilines is 1. The van der Waals surface area contributed by atoms with Crippen LogP contribution in [0.15, 0.2) is 41.7 Å². The van der Waals surface area contributed by atoms with Crippen molar-refractivity contribution in [3.05, 3.63) is 58.1 Å². The molecule has 3 fully saturated rings. The van der Waals surface area contributed by atoms with Crippen molar-refractivity contribution < 1.29 is 13.9 Å². The number of hydrogen-bond acceptors (Lipinski definition) is 11. The van der Waals surface area contributed by atoms with Gasteiger partial charge in [-0.25, -0.2) is 9.37 Å². The Morgan fingerprint density at radius 3 is 2.86 bits per heavy atom. The standard InChI is InChI=1S/C23H27FN8O2S/c1-3-34-16-6-17(20(27-9-16)19(26)7-25)22-29-30-23(35-22)31-11-14-5-15(12-31)32(14)10-13-4-18(24)21(33-2)28-8-13/h4,6-9,14-15,25,27H,3,5,10-12,26H2,1-2H3/b20-19+,25-7?. The van der Waals surface area contributed by atoms with Gasteiger partial charge in [0.25, 0.3) is 0 Å². The lowest BCUT2D eigenvalue weighted by Crippen LogP contribution is -2.68. The van der Waals surface area contributed by atoms with E-state index >= 15 is 0 Å². The summed E-state index contributed by atoms with van der Waals surface area (Å²) in [5.74, 6) is 0.244. The summed E-state index contributed by atoms with van der Waals surface area (Å²) < 4.78 is 24.6. The van der Waals surface area contributed by atoms with Crippen LogP contribution in [0.25, 0.3) is 5.57 Å². The summed E-state index contributed by atoms with van der Waals surface area (Å²) in [6.07, 6.45) is 7.47. The molecular weight excluding hydrogens is 471 g/mol. The molecule has 0 radical (unpaired) electrons.